The number of amides is 2. The highest BCUT2D eigenvalue weighted by Gasteiger charge is 2.31. The monoisotopic (exact) mass is 429 g/mol. The first-order chi connectivity index (χ1) is 14.1. The average Bonchev–Trinajstić information content (AvgIpc) is 2.77. The molecule has 3 rings (SSSR count). The number of hydrogen-bond acceptors (Lipinski definition) is 3. The molecule has 2 amide bonds. The van der Waals surface area contributed by atoms with Gasteiger partial charge in [-0.1, -0.05) is 48.0 Å². The molecule has 1 aliphatic rings. The molecule has 0 bridgehead atoms. The summed E-state index contributed by atoms with van der Waals surface area (Å²) in [5, 5.41) is 0. The minimum atomic E-state index is -0.153. The summed E-state index contributed by atoms with van der Waals surface area (Å²) in [6, 6.07) is 17.7. The summed E-state index contributed by atoms with van der Waals surface area (Å²) in [6.45, 7) is 4.99. The Morgan fingerprint density at radius 2 is 1.80 bits per heavy atom. The van der Waals surface area contributed by atoms with E-state index in [1.807, 2.05) is 71.3 Å². The Kier molecular flexibility index (Phi) is 9.34. The SMILES string of the molecule is Cc1ccc(C(=O)N2CCCC(C(=O)N(CCCN)Cc3ccccc3)C2)cc1.Cl. The molecule has 0 saturated carbocycles. The molecule has 1 heterocycles. The summed E-state index contributed by atoms with van der Waals surface area (Å²) in [4.78, 5) is 29.9. The molecule has 1 aliphatic heterocycles. The van der Waals surface area contributed by atoms with E-state index in [9.17, 15) is 9.59 Å². The molecule has 162 valence electrons. The second-order valence-electron chi connectivity index (χ2n) is 7.84. The van der Waals surface area contributed by atoms with Crippen LogP contribution in [-0.4, -0.2) is 47.8 Å². The van der Waals surface area contributed by atoms with Crippen molar-refractivity contribution < 1.29 is 9.59 Å². The van der Waals surface area contributed by atoms with Crippen LogP contribution in [0.25, 0.3) is 0 Å². The van der Waals surface area contributed by atoms with E-state index in [2.05, 4.69) is 0 Å². The molecule has 0 aromatic heterocycles. The number of carbonyl (C=O) groups is 2. The van der Waals surface area contributed by atoms with Crippen LogP contribution in [0.5, 0.6) is 0 Å². The van der Waals surface area contributed by atoms with E-state index in [0.717, 1.165) is 30.4 Å². The smallest absolute Gasteiger partial charge is 0.253 e. The molecule has 5 nitrogen and oxygen atoms in total. The van der Waals surface area contributed by atoms with Crippen molar-refractivity contribution in [1.82, 2.24) is 9.80 Å². The lowest BCUT2D eigenvalue weighted by Gasteiger charge is -2.35. The zero-order valence-electron chi connectivity index (χ0n) is 17.6. The third-order valence-electron chi connectivity index (χ3n) is 5.52. The van der Waals surface area contributed by atoms with E-state index < -0.39 is 0 Å². The van der Waals surface area contributed by atoms with Crippen molar-refractivity contribution >= 4 is 24.2 Å². The fourth-order valence-electron chi connectivity index (χ4n) is 3.85. The first-order valence-electron chi connectivity index (χ1n) is 10.5. The average molecular weight is 430 g/mol. The van der Waals surface area contributed by atoms with Gasteiger partial charge in [-0.15, -0.1) is 12.4 Å². The van der Waals surface area contributed by atoms with Crippen molar-refractivity contribution in [1.29, 1.82) is 0 Å². The van der Waals surface area contributed by atoms with Crippen LogP contribution < -0.4 is 5.73 Å². The van der Waals surface area contributed by atoms with Gasteiger partial charge in [-0.05, 0) is 50.4 Å². The largest absolute Gasteiger partial charge is 0.338 e. The first-order valence-corrected chi connectivity index (χ1v) is 10.5. The van der Waals surface area contributed by atoms with Gasteiger partial charge in [-0.2, -0.15) is 0 Å². The second-order valence-corrected chi connectivity index (χ2v) is 7.84. The van der Waals surface area contributed by atoms with Crippen molar-refractivity contribution in [2.24, 2.45) is 11.7 Å². The highest BCUT2D eigenvalue weighted by molar-refractivity contribution is 5.94. The normalized spacial score (nSPS) is 15.9. The maximum Gasteiger partial charge on any atom is 0.253 e. The van der Waals surface area contributed by atoms with E-state index >= 15 is 0 Å². The predicted molar refractivity (Wildman–Crippen MR) is 123 cm³/mol. The Labute approximate surface area is 185 Å². The molecular weight excluding hydrogens is 398 g/mol. The van der Waals surface area contributed by atoms with Crippen LogP contribution in [0.15, 0.2) is 54.6 Å². The van der Waals surface area contributed by atoms with Gasteiger partial charge in [-0.25, -0.2) is 0 Å². The molecule has 1 saturated heterocycles. The Balaban J connectivity index is 0.00000320. The van der Waals surface area contributed by atoms with Gasteiger partial charge in [0.05, 0.1) is 5.92 Å². The molecule has 1 fully saturated rings. The number of likely N-dealkylation sites (tertiary alicyclic amines) is 1. The van der Waals surface area contributed by atoms with Crippen molar-refractivity contribution in [3.05, 3.63) is 71.3 Å². The van der Waals surface area contributed by atoms with Crippen LogP contribution in [0.1, 0.15) is 40.7 Å². The van der Waals surface area contributed by atoms with E-state index in [0.29, 0.717) is 38.3 Å². The summed E-state index contributed by atoms with van der Waals surface area (Å²) < 4.78 is 0. The quantitative estimate of drug-likeness (QED) is 0.730. The first kappa shape index (κ1) is 23.9. The number of rotatable bonds is 7. The lowest BCUT2D eigenvalue weighted by atomic mass is 9.95. The van der Waals surface area contributed by atoms with Crippen molar-refractivity contribution in [3.63, 3.8) is 0 Å². The molecule has 30 heavy (non-hydrogen) atoms. The molecule has 1 unspecified atom stereocenters. The zero-order chi connectivity index (χ0) is 20.6. The van der Waals surface area contributed by atoms with Crippen LogP contribution in [0.4, 0.5) is 0 Å². The number of piperidine rings is 1. The maximum absolute atomic E-state index is 13.3. The number of nitrogens with zero attached hydrogens (tertiary/aromatic N) is 2. The summed E-state index contributed by atoms with van der Waals surface area (Å²) in [5.41, 5.74) is 8.62. The number of nitrogens with two attached hydrogens (primary N) is 1. The molecule has 2 aromatic rings. The fraction of sp³-hybridized carbons (Fsp3) is 0.417. The summed E-state index contributed by atoms with van der Waals surface area (Å²) in [7, 11) is 0. The Morgan fingerprint density at radius 3 is 2.47 bits per heavy atom. The highest BCUT2D eigenvalue weighted by atomic mass is 35.5. The van der Waals surface area contributed by atoms with Crippen molar-refractivity contribution in [2.75, 3.05) is 26.2 Å². The number of hydrogen-bond donors (Lipinski definition) is 1. The topological polar surface area (TPSA) is 66.6 Å². The van der Waals surface area contributed by atoms with E-state index in [1.165, 1.54) is 0 Å². The molecule has 0 radical (unpaired) electrons. The van der Waals surface area contributed by atoms with Gasteiger partial charge in [0, 0.05) is 31.7 Å². The lowest BCUT2D eigenvalue weighted by Crippen LogP contribution is -2.47. The van der Waals surface area contributed by atoms with Crippen LogP contribution in [0, 0.1) is 12.8 Å². The molecular formula is C24H32ClN3O2. The Morgan fingerprint density at radius 1 is 1.10 bits per heavy atom. The minimum absolute atomic E-state index is 0. The molecule has 0 aliphatic carbocycles. The van der Waals surface area contributed by atoms with Crippen LogP contribution in [0.3, 0.4) is 0 Å². The van der Waals surface area contributed by atoms with E-state index in [-0.39, 0.29) is 30.1 Å². The lowest BCUT2D eigenvalue weighted by molar-refractivity contribution is -0.137. The minimum Gasteiger partial charge on any atom is -0.338 e. The number of aryl methyl sites for hydroxylation is 1. The molecule has 2 N–H and O–H groups in total. The third kappa shape index (κ3) is 6.31. The van der Waals surface area contributed by atoms with Gasteiger partial charge in [-0.3, -0.25) is 9.59 Å². The number of benzene rings is 2. The van der Waals surface area contributed by atoms with Gasteiger partial charge >= 0.3 is 0 Å². The predicted octanol–water partition coefficient (Wildman–Crippen LogP) is 3.65. The van der Waals surface area contributed by atoms with Crippen LogP contribution in [-0.2, 0) is 11.3 Å². The molecule has 6 heteroatoms. The Bertz CT molecular complexity index is 811. The van der Waals surface area contributed by atoms with Gasteiger partial charge in [0.2, 0.25) is 5.91 Å². The highest BCUT2D eigenvalue weighted by Crippen LogP contribution is 2.22. The summed E-state index contributed by atoms with van der Waals surface area (Å²) >= 11 is 0. The summed E-state index contributed by atoms with van der Waals surface area (Å²) in [5.74, 6) is -0.0117. The van der Waals surface area contributed by atoms with E-state index in [4.69, 9.17) is 5.73 Å². The standard InChI is InChI=1S/C24H31N3O2.ClH/c1-19-10-12-21(13-11-19)23(28)27-15-5-9-22(18-27)24(29)26(16-6-14-25)17-20-7-3-2-4-8-20;/h2-4,7-8,10-13,22H,5-6,9,14-18,25H2,1H3;1H. The zero-order valence-corrected chi connectivity index (χ0v) is 18.4. The van der Waals surface area contributed by atoms with Crippen LogP contribution >= 0.6 is 12.4 Å². The third-order valence-corrected chi connectivity index (χ3v) is 5.52. The fourth-order valence-corrected chi connectivity index (χ4v) is 3.85. The van der Waals surface area contributed by atoms with Gasteiger partial charge in [0.15, 0.2) is 0 Å². The van der Waals surface area contributed by atoms with Crippen molar-refractivity contribution in [3.8, 4) is 0 Å². The van der Waals surface area contributed by atoms with Gasteiger partial charge in [0.1, 0.15) is 0 Å². The van der Waals surface area contributed by atoms with Crippen molar-refractivity contribution in [2.45, 2.75) is 32.7 Å². The Hall–Kier alpha value is -2.37. The van der Waals surface area contributed by atoms with Crippen LogP contribution in [0.2, 0.25) is 0 Å². The molecule has 1 atom stereocenters. The van der Waals surface area contributed by atoms with Gasteiger partial charge in [0.25, 0.3) is 5.91 Å². The van der Waals surface area contributed by atoms with Gasteiger partial charge < -0.3 is 15.5 Å². The van der Waals surface area contributed by atoms with E-state index in [1.54, 1.807) is 0 Å². The second kappa shape index (κ2) is 11.7. The summed E-state index contributed by atoms with van der Waals surface area (Å²) in [6.07, 6.45) is 2.45. The number of carbonyl (C=O) groups excluding carboxylic acids is 2. The maximum atomic E-state index is 13.3. The molecule has 2 aromatic carbocycles. The number of halogens is 1. The molecule has 0 spiro atoms.